The maximum Gasteiger partial charge on any atom is 0.0965 e. The molecule has 0 amide bonds. The van der Waals surface area contributed by atoms with Crippen LogP contribution in [0.1, 0.15) is 36.2 Å². The minimum atomic E-state index is -0.00386. The maximum atomic E-state index is 4.17. The van der Waals surface area contributed by atoms with Gasteiger partial charge >= 0.3 is 0 Å². The standard InChI is InChI=1S/C13H20N4S/c1-10-5-6-12(18-10)8-14-7-11-9-17(16-15-11)13(2,3)4/h5-6,9,14H,7-8H2,1-4H3. The van der Waals surface area contributed by atoms with Crippen LogP contribution in [0.4, 0.5) is 0 Å². The summed E-state index contributed by atoms with van der Waals surface area (Å²) in [7, 11) is 0. The Labute approximate surface area is 112 Å². The van der Waals surface area contributed by atoms with Crippen molar-refractivity contribution in [3.63, 3.8) is 0 Å². The van der Waals surface area contributed by atoms with Gasteiger partial charge in [-0.2, -0.15) is 0 Å². The van der Waals surface area contributed by atoms with Gasteiger partial charge in [-0.1, -0.05) is 5.21 Å². The highest BCUT2D eigenvalue weighted by atomic mass is 32.1. The van der Waals surface area contributed by atoms with Crippen molar-refractivity contribution >= 4 is 11.3 Å². The van der Waals surface area contributed by atoms with E-state index in [1.807, 2.05) is 22.2 Å². The van der Waals surface area contributed by atoms with Crippen molar-refractivity contribution in [3.8, 4) is 0 Å². The number of thiophene rings is 1. The quantitative estimate of drug-likeness (QED) is 0.923. The Balaban J connectivity index is 1.85. The molecule has 2 heterocycles. The van der Waals surface area contributed by atoms with Crippen LogP contribution in [0.5, 0.6) is 0 Å². The Bertz CT molecular complexity index is 507. The van der Waals surface area contributed by atoms with Crippen molar-refractivity contribution in [2.24, 2.45) is 0 Å². The molecule has 0 fully saturated rings. The minimum Gasteiger partial charge on any atom is -0.306 e. The van der Waals surface area contributed by atoms with Crippen LogP contribution in [0.3, 0.4) is 0 Å². The number of aryl methyl sites for hydroxylation is 1. The number of aromatic nitrogens is 3. The SMILES string of the molecule is Cc1ccc(CNCc2cn(C(C)(C)C)nn2)s1. The minimum absolute atomic E-state index is 0.00386. The molecule has 98 valence electrons. The van der Waals surface area contributed by atoms with E-state index in [0.29, 0.717) is 0 Å². The van der Waals surface area contributed by atoms with E-state index in [-0.39, 0.29) is 5.54 Å². The van der Waals surface area contributed by atoms with E-state index < -0.39 is 0 Å². The molecular weight excluding hydrogens is 244 g/mol. The molecule has 0 spiro atoms. The van der Waals surface area contributed by atoms with Gasteiger partial charge in [0.15, 0.2) is 0 Å². The van der Waals surface area contributed by atoms with E-state index in [4.69, 9.17) is 0 Å². The molecule has 0 unspecified atom stereocenters. The lowest BCUT2D eigenvalue weighted by molar-refractivity contribution is 0.347. The van der Waals surface area contributed by atoms with E-state index in [0.717, 1.165) is 18.8 Å². The maximum absolute atomic E-state index is 4.17. The summed E-state index contributed by atoms with van der Waals surface area (Å²) in [5.74, 6) is 0. The fraction of sp³-hybridized carbons (Fsp3) is 0.538. The Kier molecular flexibility index (Phi) is 3.82. The van der Waals surface area contributed by atoms with E-state index in [2.05, 4.69) is 55.5 Å². The largest absolute Gasteiger partial charge is 0.306 e. The van der Waals surface area contributed by atoms with Gasteiger partial charge in [-0.25, -0.2) is 4.68 Å². The molecule has 0 bridgehead atoms. The highest BCUT2D eigenvalue weighted by molar-refractivity contribution is 7.11. The summed E-state index contributed by atoms with van der Waals surface area (Å²) in [5, 5.41) is 11.7. The molecule has 0 aliphatic heterocycles. The van der Waals surface area contributed by atoms with Crippen LogP contribution in [0.2, 0.25) is 0 Å². The summed E-state index contributed by atoms with van der Waals surface area (Å²) < 4.78 is 1.90. The lowest BCUT2D eigenvalue weighted by atomic mass is 10.1. The number of nitrogens with zero attached hydrogens (tertiary/aromatic N) is 3. The first kappa shape index (κ1) is 13.2. The van der Waals surface area contributed by atoms with Crippen LogP contribution in [0.15, 0.2) is 18.3 Å². The highest BCUT2D eigenvalue weighted by Crippen LogP contribution is 2.15. The fourth-order valence-electron chi connectivity index (χ4n) is 1.60. The van der Waals surface area contributed by atoms with Gasteiger partial charge in [0.2, 0.25) is 0 Å². The van der Waals surface area contributed by atoms with E-state index >= 15 is 0 Å². The van der Waals surface area contributed by atoms with Crippen molar-refractivity contribution in [2.75, 3.05) is 0 Å². The second kappa shape index (κ2) is 5.20. The predicted molar refractivity (Wildman–Crippen MR) is 74.6 cm³/mol. The topological polar surface area (TPSA) is 42.7 Å². The molecule has 0 aromatic carbocycles. The second-order valence-corrected chi connectivity index (χ2v) is 6.81. The Hall–Kier alpha value is -1.20. The molecule has 0 saturated heterocycles. The van der Waals surface area contributed by atoms with Crippen molar-refractivity contribution in [1.82, 2.24) is 20.3 Å². The molecule has 2 aromatic heterocycles. The molecule has 0 saturated carbocycles. The monoisotopic (exact) mass is 264 g/mol. The first-order valence-corrected chi connectivity index (χ1v) is 6.94. The van der Waals surface area contributed by atoms with Crippen molar-refractivity contribution in [1.29, 1.82) is 0 Å². The molecule has 0 aliphatic rings. The molecule has 2 aromatic rings. The second-order valence-electron chi connectivity index (χ2n) is 5.44. The zero-order chi connectivity index (χ0) is 13.2. The van der Waals surface area contributed by atoms with Crippen molar-refractivity contribution in [2.45, 2.75) is 46.3 Å². The fourth-order valence-corrected chi connectivity index (χ4v) is 2.46. The molecule has 0 aliphatic carbocycles. The van der Waals surface area contributed by atoms with E-state index in [1.54, 1.807) is 0 Å². The average molecular weight is 264 g/mol. The van der Waals surface area contributed by atoms with Gasteiger partial charge in [0.1, 0.15) is 0 Å². The van der Waals surface area contributed by atoms with Gasteiger partial charge in [-0.3, -0.25) is 0 Å². The van der Waals surface area contributed by atoms with Crippen LogP contribution in [-0.4, -0.2) is 15.0 Å². The van der Waals surface area contributed by atoms with E-state index in [1.165, 1.54) is 9.75 Å². The summed E-state index contributed by atoms with van der Waals surface area (Å²) in [4.78, 5) is 2.71. The lowest BCUT2D eigenvalue weighted by Gasteiger charge is -2.17. The molecular formula is C13H20N4S. The van der Waals surface area contributed by atoms with Gasteiger partial charge in [-0.15, -0.1) is 16.4 Å². The Morgan fingerprint density at radius 1 is 1.28 bits per heavy atom. The van der Waals surface area contributed by atoms with Gasteiger partial charge in [0.25, 0.3) is 0 Å². The van der Waals surface area contributed by atoms with Gasteiger partial charge < -0.3 is 5.32 Å². The smallest absolute Gasteiger partial charge is 0.0965 e. The van der Waals surface area contributed by atoms with Gasteiger partial charge in [-0.05, 0) is 39.8 Å². The normalized spacial score (nSPS) is 12.0. The van der Waals surface area contributed by atoms with Crippen LogP contribution in [0, 0.1) is 6.92 Å². The third-order valence-corrected chi connectivity index (χ3v) is 3.63. The summed E-state index contributed by atoms with van der Waals surface area (Å²) in [6.07, 6.45) is 2.01. The molecule has 18 heavy (non-hydrogen) atoms. The third-order valence-electron chi connectivity index (χ3n) is 2.63. The van der Waals surface area contributed by atoms with Crippen molar-refractivity contribution in [3.05, 3.63) is 33.8 Å². The zero-order valence-electron chi connectivity index (χ0n) is 11.4. The van der Waals surface area contributed by atoms with Crippen LogP contribution in [0.25, 0.3) is 0 Å². The molecule has 1 N–H and O–H groups in total. The average Bonchev–Trinajstić information content (AvgIpc) is 2.87. The van der Waals surface area contributed by atoms with Gasteiger partial charge in [0, 0.05) is 22.8 Å². The van der Waals surface area contributed by atoms with Crippen LogP contribution >= 0.6 is 11.3 Å². The lowest BCUT2D eigenvalue weighted by Crippen LogP contribution is -2.22. The molecule has 2 rings (SSSR count). The molecule has 5 heteroatoms. The van der Waals surface area contributed by atoms with Crippen molar-refractivity contribution < 1.29 is 0 Å². The number of hydrogen-bond acceptors (Lipinski definition) is 4. The summed E-state index contributed by atoms with van der Waals surface area (Å²) in [6.45, 7) is 10.1. The molecule has 0 atom stereocenters. The highest BCUT2D eigenvalue weighted by Gasteiger charge is 2.14. The van der Waals surface area contributed by atoms with E-state index in [9.17, 15) is 0 Å². The van der Waals surface area contributed by atoms with Gasteiger partial charge in [0.05, 0.1) is 17.4 Å². The summed E-state index contributed by atoms with van der Waals surface area (Å²) in [6, 6.07) is 4.32. The van der Waals surface area contributed by atoms with Crippen LogP contribution < -0.4 is 5.32 Å². The Morgan fingerprint density at radius 2 is 2.06 bits per heavy atom. The first-order valence-electron chi connectivity index (χ1n) is 6.13. The Morgan fingerprint density at radius 3 is 2.61 bits per heavy atom. The van der Waals surface area contributed by atoms with Crippen LogP contribution in [-0.2, 0) is 18.6 Å². The zero-order valence-corrected chi connectivity index (χ0v) is 12.2. The molecule has 4 nitrogen and oxygen atoms in total. The number of hydrogen-bond donors (Lipinski definition) is 1. The first-order chi connectivity index (χ1) is 8.45. The number of rotatable bonds is 4. The molecule has 0 radical (unpaired) electrons. The summed E-state index contributed by atoms with van der Waals surface area (Å²) >= 11 is 1.83. The predicted octanol–water partition coefficient (Wildman–Crippen LogP) is 2.69. The third kappa shape index (κ3) is 3.40. The number of nitrogens with one attached hydrogen (secondary N) is 1. The summed E-state index contributed by atoms with van der Waals surface area (Å²) in [5.41, 5.74) is 0.981.